The first-order valence-electron chi connectivity index (χ1n) is 3.66. The maximum atomic E-state index is 7.15. The van der Waals surface area contributed by atoms with Crippen LogP contribution >= 0.6 is 0 Å². The maximum absolute atomic E-state index is 7.15. The van der Waals surface area contributed by atoms with Gasteiger partial charge in [-0.1, -0.05) is 13.8 Å². The average Bonchev–Trinajstić information content (AvgIpc) is 1.81. The zero-order chi connectivity index (χ0) is 8.15. The molecule has 0 aromatic rings. The molecule has 0 bridgehead atoms. The largest absolute Gasteiger partial charge is 0.370 e. The summed E-state index contributed by atoms with van der Waals surface area (Å²) >= 11 is 0. The van der Waals surface area contributed by atoms with Crippen LogP contribution in [-0.4, -0.2) is 23.9 Å². The summed E-state index contributed by atoms with van der Waals surface area (Å²) in [5.74, 6) is 0.750. The van der Waals surface area contributed by atoms with Crippen molar-refractivity contribution in [2.24, 2.45) is 11.7 Å². The summed E-state index contributed by atoms with van der Waals surface area (Å²) in [7, 11) is 0. The molecule has 3 heteroatoms. The lowest BCUT2D eigenvalue weighted by atomic mass is 10.2. The van der Waals surface area contributed by atoms with E-state index in [1.54, 1.807) is 0 Å². The van der Waals surface area contributed by atoms with Gasteiger partial charge >= 0.3 is 0 Å². The highest BCUT2D eigenvalue weighted by molar-refractivity contribution is 5.74. The van der Waals surface area contributed by atoms with E-state index in [1.807, 2.05) is 11.8 Å². The zero-order valence-electron chi connectivity index (χ0n) is 7.02. The molecule has 10 heavy (non-hydrogen) atoms. The Morgan fingerprint density at radius 3 is 2.20 bits per heavy atom. The maximum Gasteiger partial charge on any atom is 0.188 e. The Morgan fingerprint density at radius 1 is 1.60 bits per heavy atom. The Hall–Kier alpha value is -0.730. The first-order valence-corrected chi connectivity index (χ1v) is 3.66. The standard InChI is InChI=1S/C7H17N3/c1-4-10(7(8)9)5-6(2)3/h6H,4-5H2,1-3H3,(H3,8,9). The van der Waals surface area contributed by atoms with E-state index in [-0.39, 0.29) is 5.96 Å². The lowest BCUT2D eigenvalue weighted by Crippen LogP contribution is -2.38. The zero-order valence-corrected chi connectivity index (χ0v) is 7.02. The van der Waals surface area contributed by atoms with Gasteiger partial charge in [0.15, 0.2) is 5.96 Å². The molecular formula is C7H17N3. The third-order valence-corrected chi connectivity index (χ3v) is 1.31. The molecule has 0 unspecified atom stereocenters. The van der Waals surface area contributed by atoms with Crippen LogP contribution < -0.4 is 5.73 Å². The van der Waals surface area contributed by atoms with Crippen LogP contribution in [0.25, 0.3) is 0 Å². The summed E-state index contributed by atoms with van der Waals surface area (Å²) in [6.07, 6.45) is 0. The predicted octanol–water partition coefficient (Wildman–Crippen LogP) is 0.858. The molecule has 3 nitrogen and oxygen atoms in total. The number of nitrogens with two attached hydrogens (primary N) is 1. The van der Waals surface area contributed by atoms with E-state index in [4.69, 9.17) is 11.1 Å². The molecule has 3 N–H and O–H groups in total. The molecular weight excluding hydrogens is 126 g/mol. The van der Waals surface area contributed by atoms with Crippen LogP contribution in [0, 0.1) is 11.3 Å². The Kier molecular flexibility index (Phi) is 3.84. The van der Waals surface area contributed by atoms with Crippen LogP contribution in [0.1, 0.15) is 20.8 Å². The Balaban J connectivity index is 3.72. The van der Waals surface area contributed by atoms with Crippen molar-refractivity contribution in [3.8, 4) is 0 Å². The Labute approximate surface area is 62.7 Å². The predicted molar refractivity (Wildman–Crippen MR) is 44.0 cm³/mol. The van der Waals surface area contributed by atoms with E-state index in [0.717, 1.165) is 13.1 Å². The van der Waals surface area contributed by atoms with Gasteiger partial charge in [-0.15, -0.1) is 0 Å². The number of hydrogen-bond acceptors (Lipinski definition) is 1. The first kappa shape index (κ1) is 9.27. The number of hydrogen-bond donors (Lipinski definition) is 2. The summed E-state index contributed by atoms with van der Waals surface area (Å²) in [5, 5.41) is 7.15. The van der Waals surface area contributed by atoms with E-state index in [0.29, 0.717) is 5.92 Å². The Bertz CT molecular complexity index is 109. The minimum absolute atomic E-state index is 0.177. The average molecular weight is 143 g/mol. The fourth-order valence-corrected chi connectivity index (χ4v) is 0.839. The first-order chi connectivity index (χ1) is 4.57. The minimum atomic E-state index is 0.177. The molecule has 0 heterocycles. The molecule has 60 valence electrons. The van der Waals surface area contributed by atoms with Gasteiger partial charge in [0.1, 0.15) is 0 Å². The van der Waals surface area contributed by atoms with E-state index in [1.165, 1.54) is 0 Å². The highest BCUT2D eigenvalue weighted by Crippen LogP contribution is 1.96. The van der Waals surface area contributed by atoms with Crippen molar-refractivity contribution in [2.45, 2.75) is 20.8 Å². The SMILES string of the molecule is CCN(CC(C)C)C(=N)N. The van der Waals surface area contributed by atoms with Crippen molar-refractivity contribution < 1.29 is 0 Å². The normalized spacial score (nSPS) is 10.0. The molecule has 0 aromatic heterocycles. The topological polar surface area (TPSA) is 53.1 Å². The van der Waals surface area contributed by atoms with Crippen LogP contribution in [0.4, 0.5) is 0 Å². The second kappa shape index (κ2) is 4.14. The number of nitrogens with zero attached hydrogens (tertiary/aromatic N) is 1. The fraction of sp³-hybridized carbons (Fsp3) is 0.857. The van der Waals surface area contributed by atoms with Crippen molar-refractivity contribution in [3.05, 3.63) is 0 Å². The van der Waals surface area contributed by atoms with E-state index < -0.39 is 0 Å². The van der Waals surface area contributed by atoms with Gasteiger partial charge in [-0.3, -0.25) is 5.41 Å². The smallest absolute Gasteiger partial charge is 0.188 e. The van der Waals surface area contributed by atoms with Gasteiger partial charge in [-0.05, 0) is 12.8 Å². The van der Waals surface area contributed by atoms with Crippen LogP contribution in [-0.2, 0) is 0 Å². The van der Waals surface area contributed by atoms with Gasteiger partial charge in [0.05, 0.1) is 0 Å². The lowest BCUT2D eigenvalue weighted by molar-refractivity contribution is 0.375. The van der Waals surface area contributed by atoms with Gasteiger partial charge in [0.25, 0.3) is 0 Å². The van der Waals surface area contributed by atoms with Crippen molar-refractivity contribution >= 4 is 5.96 Å². The third kappa shape index (κ3) is 3.33. The van der Waals surface area contributed by atoms with Gasteiger partial charge in [0, 0.05) is 13.1 Å². The second-order valence-corrected chi connectivity index (χ2v) is 2.82. The molecule has 0 radical (unpaired) electrons. The number of guanidine groups is 1. The van der Waals surface area contributed by atoms with Crippen LogP contribution in [0.15, 0.2) is 0 Å². The quantitative estimate of drug-likeness (QED) is 0.454. The fourth-order valence-electron chi connectivity index (χ4n) is 0.839. The van der Waals surface area contributed by atoms with Crippen molar-refractivity contribution in [2.75, 3.05) is 13.1 Å². The highest BCUT2D eigenvalue weighted by atomic mass is 15.2. The molecule has 0 atom stereocenters. The minimum Gasteiger partial charge on any atom is -0.370 e. The van der Waals surface area contributed by atoms with Gasteiger partial charge in [-0.2, -0.15) is 0 Å². The second-order valence-electron chi connectivity index (χ2n) is 2.82. The molecule has 0 aromatic carbocycles. The molecule has 0 aliphatic heterocycles. The third-order valence-electron chi connectivity index (χ3n) is 1.31. The molecule has 0 saturated carbocycles. The van der Waals surface area contributed by atoms with Crippen molar-refractivity contribution in [1.29, 1.82) is 5.41 Å². The van der Waals surface area contributed by atoms with Crippen LogP contribution in [0.2, 0.25) is 0 Å². The number of rotatable bonds is 3. The van der Waals surface area contributed by atoms with Gasteiger partial charge in [-0.25, -0.2) is 0 Å². The van der Waals surface area contributed by atoms with E-state index >= 15 is 0 Å². The summed E-state index contributed by atoms with van der Waals surface area (Å²) in [4.78, 5) is 1.85. The molecule has 0 amide bonds. The molecule has 0 aliphatic carbocycles. The molecule has 0 fully saturated rings. The molecule has 0 aliphatic rings. The van der Waals surface area contributed by atoms with Crippen molar-refractivity contribution in [1.82, 2.24) is 4.90 Å². The molecule has 0 saturated heterocycles. The summed E-state index contributed by atoms with van der Waals surface area (Å²) < 4.78 is 0. The van der Waals surface area contributed by atoms with Crippen LogP contribution in [0.3, 0.4) is 0 Å². The summed E-state index contributed by atoms with van der Waals surface area (Å²) in [6.45, 7) is 7.94. The molecule has 0 spiro atoms. The number of nitrogens with one attached hydrogen (secondary N) is 1. The van der Waals surface area contributed by atoms with Gasteiger partial charge < -0.3 is 10.6 Å². The van der Waals surface area contributed by atoms with E-state index in [9.17, 15) is 0 Å². The summed E-state index contributed by atoms with van der Waals surface area (Å²) in [6, 6.07) is 0. The van der Waals surface area contributed by atoms with Crippen molar-refractivity contribution in [3.63, 3.8) is 0 Å². The van der Waals surface area contributed by atoms with E-state index in [2.05, 4.69) is 13.8 Å². The lowest BCUT2D eigenvalue weighted by Gasteiger charge is -2.22. The highest BCUT2D eigenvalue weighted by Gasteiger charge is 2.04. The summed E-state index contributed by atoms with van der Waals surface area (Å²) in [5.41, 5.74) is 5.30. The molecule has 0 rings (SSSR count). The Morgan fingerprint density at radius 2 is 2.10 bits per heavy atom. The van der Waals surface area contributed by atoms with Gasteiger partial charge in [0.2, 0.25) is 0 Å². The monoisotopic (exact) mass is 143 g/mol. The van der Waals surface area contributed by atoms with Crippen LogP contribution in [0.5, 0.6) is 0 Å².